The van der Waals surface area contributed by atoms with Crippen molar-refractivity contribution in [2.75, 3.05) is 6.54 Å². The Balaban J connectivity index is 0.00000364. The zero-order chi connectivity index (χ0) is 19.2. The number of nitrogens with two attached hydrogens (primary N) is 1. The van der Waals surface area contributed by atoms with Crippen LogP contribution in [0.2, 0.25) is 0 Å². The number of sulfonamides is 1. The maximum atomic E-state index is 13.3. The lowest BCUT2D eigenvalue weighted by atomic mass is 10.1. The summed E-state index contributed by atoms with van der Waals surface area (Å²) in [6, 6.07) is 11.2. The second-order valence-corrected chi connectivity index (χ2v) is 7.38. The maximum absolute atomic E-state index is 13.3. The predicted molar refractivity (Wildman–Crippen MR) is 116 cm³/mol. The number of nitrogens with one attached hydrogen (secondary N) is 2. The summed E-state index contributed by atoms with van der Waals surface area (Å²) in [5, 5.41) is 11.4. The molecule has 2 aromatic rings. The van der Waals surface area contributed by atoms with Crippen LogP contribution in [0.4, 0.5) is 4.39 Å². The first-order valence-corrected chi connectivity index (χ1v) is 9.73. The molecule has 0 aliphatic rings. The average molecular weight is 506 g/mol. The minimum Gasteiger partial charge on any atom is -0.357 e. The van der Waals surface area contributed by atoms with Crippen LogP contribution in [0.3, 0.4) is 0 Å². The van der Waals surface area contributed by atoms with Crippen molar-refractivity contribution >= 4 is 40.0 Å². The molecule has 0 fully saturated rings. The third-order valence-corrected chi connectivity index (χ3v) is 4.63. The lowest BCUT2D eigenvalue weighted by Crippen LogP contribution is -2.36. The predicted octanol–water partition coefficient (Wildman–Crippen LogP) is 2.65. The standard InChI is InChI=1S/C18H23FN4O2S.HI/c1-3-21-18(23-12-15-6-9-17(19)13(2)10-15)22-11-14-4-7-16(8-5-14)26(20,24)25;/h4-10H,3,11-12H2,1-2H3,(H2,20,24,25)(H2,21,22,23);1H. The van der Waals surface area contributed by atoms with Gasteiger partial charge in [-0.25, -0.2) is 22.9 Å². The molecule has 2 aromatic carbocycles. The minimum absolute atomic E-state index is 0. The topological polar surface area (TPSA) is 96.6 Å². The third kappa shape index (κ3) is 7.43. The van der Waals surface area contributed by atoms with Crippen molar-refractivity contribution in [3.05, 3.63) is 65.0 Å². The molecule has 0 spiro atoms. The van der Waals surface area contributed by atoms with Gasteiger partial charge in [0.05, 0.1) is 11.4 Å². The number of hydrogen-bond acceptors (Lipinski definition) is 3. The highest BCUT2D eigenvalue weighted by Crippen LogP contribution is 2.10. The number of guanidine groups is 1. The van der Waals surface area contributed by atoms with Crippen LogP contribution in [0.15, 0.2) is 52.4 Å². The SMILES string of the molecule is CCNC(=NCc1ccc(F)c(C)c1)NCc1ccc(S(N)(=O)=O)cc1.I. The molecule has 0 atom stereocenters. The van der Waals surface area contributed by atoms with Gasteiger partial charge in [0.25, 0.3) is 0 Å². The lowest BCUT2D eigenvalue weighted by molar-refractivity contribution is 0.597. The van der Waals surface area contributed by atoms with Crippen molar-refractivity contribution in [2.24, 2.45) is 10.1 Å². The van der Waals surface area contributed by atoms with E-state index >= 15 is 0 Å². The highest BCUT2D eigenvalue weighted by molar-refractivity contribution is 14.0. The Labute approximate surface area is 176 Å². The Hall–Kier alpha value is -1.72. The van der Waals surface area contributed by atoms with Gasteiger partial charge in [-0.1, -0.05) is 24.3 Å². The molecule has 27 heavy (non-hydrogen) atoms. The fourth-order valence-corrected chi connectivity index (χ4v) is 2.82. The van der Waals surface area contributed by atoms with Gasteiger partial charge < -0.3 is 10.6 Å². The molecule has 148 valence electrons. The van der Waals surface area contributed by atoms with E-state index in [-0.39, 0.29) is 34.7 Å². The number of nitrogens with zero attached hydrogens (tertiary/aromatic N) is 1. The van der Waals surface area contributed by atoms with E-state index in [1.165, 1.54) is 18.2 Å². The Morgan fingerprint density at radius 1 is 1.11 bits per heavy atom. The maximum Gasteiger partial charge on any atom is 0.238 e. The molecule has 4 N–H and O–H groups in total. The molecule has 0 bridgehead atoms. The van der Waals surface area contributed by atoms with Gasteiger partial charge in [-0.3, -0.25) is 0 Å². The third-order valence-electron chi connectivity index (χ3n) is 3.70. The Morgan fingerprint density at radius 3 is 2.30 bits per heavy atom. The summed E-state index contributed by atoms with van der Waals surface area (Å²) in [6.07, 6.45) is 0. The Morgan fingerprint density at radius 2 is 1.74 bits per heavy atom. The summed E-state index contributed by atoms with van der Waals surface area (Å²) in [5.74, 6) is 0.385. The molecule has 2 rings (SSSR count). The van der Waals surface area contributed by atoms with Crippen LogP contribution in [0.5, 0.6) is 0 Å². The first kappa shape index (κ1) is 23.3. The molecular weight excluding hydrogens is 482 g/mol. The zero-order valence-corrected chi connectivity index (χ0v) is 18.3. The van der Waals surface area contributed by atoms with Crippen LogP contribution in [-0.4, -0.2) is 20.9 Å². The zero-order valence-electron chi connectivity index (χ0n) is 15.2. The molecule has 0 aromatic heterocycles. The molecule has 0 heterocycles. The van der Waals surface area contributed by atoms with E-state index in [0.29, 0.717) is 31.2 Å². The first-order chi connectivity index (χ1) is 12.3. The van der Waals surface area contributed by atoms with Crippen molar-refractivity contribution in [1.82, 2.24) is 10.6 Å². The highest BCUT2D eigenvalue weighted by Gasteiger charge is 2.07. The average Bonchev–Trinajstić information content (AvgIpc) is 2.60. The van der Waals surface area contributed by atoms with Gasteiger partial charge >= 0.3 is 0 Å². The van der Waals surface area contributed by atoms with Crippen molar-refractivity contribution in [3.8, 4) is 0 Å². The fourth-order valence-electron chi connectivity index (χ4n) is 2.30. The summed E-state index contributed by atoms with van der Waals surface area (Å²) < 4.78 is 35.9. The fraction of sp³-hybridized carbons (Fsp3) is 0.278. The summed E-state index contributed by atoms with van der Waals surface area (Å²) in [7, 11) is -3.69. The number of halogens is 2. The van der Waals surface area contributed by atoms with Gasteiger partial charge in [0.1, 0.15) is 5.82 Å². The second kappa shape index (κ2) is 10.6. The van der Waals surface area contributed by atoms with Gasteiger partial charge in [-0.15, -0.1) is 24.0 Å². The number of benzene rings is 2. The number of aryl methyl sites for hydroxylation is 1. The molecule has 0 amide bonds. The van der Waals surface area contributed by atoms with Crippen molar-refractivity contribution in [3.63, 3.8) is 0 Å². The molecule has 6 nitrogen and oxygen atoms in total. The normalized spacial score (nSPS) is 11.6. The summed E-state index contributed by atoms with van der Waals surface area (Å²) in [4.78, 5) is 4.56. The number of hydrogen-bond donors (Lipinski definition) is 3. The van der Waals surface area contributed by atoms with Gasteiger partial charge in [0.15, 0.2) is 5.96 Å². The van der Waals surface area contributed by atoms with E-state index in [1.54, 1.807) is 31.2 Å². The van der Waals surface area contributed by atoms with Crippen LogP contribution in [0, 0.1) is 12.7 Å². The van der Waals surface area contributed by atoms with E-state index in [4.69, 9.17) is 5.14 Å². The molecule has 0 unspecified atom stereocenters. The van der Waals surface area contributed by atoms with E-state index < -0.39 is 10.0 Å². The minimum atomic E-state index is -3.69. The molecule has 0 aliphatic carbocycles. The highest BCUT2D eigenvalue weighted by atomic mass is 127. The van der Waals surface area contributed by atoms with Gasteiger partial charge in [-0.05, 0) is 48.7 Å². The van der Waals surface area contributed by atoms with Gasteiger partial charge in [-0.2, -0.15) is 0 Å². The summed E-state index contributed by atoms with van der Waals surface area (Å²) in [6.45, 7) is 5.26. The van der Waals surface area contributed by atoms with Crippen molar-refractivity contribution < 1.29 is 12.8 Å². The quantitative estimate of drug-likeness (QED) is 0.319. The largest absolute Gasteiger partial charge is 0.357 e. The van der Waals surface area contributed by atoms with E-state index in [1.807, 2.05) is 6.92 Å². The van der Waals surface area contributed by atoms with Crippen LogP contribution in [-0.2, 0) is 23.1 Å². The smallest absolute Gasteiger partial charge is 0.238 e. The van der Waals surface area contributed by atoms with E-state index in [0.717, 1.165) is 11.1 Å². The van der Waals surface area contributed by atoms with E-state index in [9.17, 15) is 12.8 Å². The Bertz CT molecular complexity index is 887. The molecule has 9 heteroatoms. The van der Waals surface area contributed by atoms with Crippen LogP contribution in [0.1, 0.15) is 23.6 Å². The van der Waals surface area contributed by atoms with Gasteiger partial charge in [0, 0.05) is 13.1 Å². The van der Waals surface area contributed by atoms with E-state index in [2.05, 4.69) is 15.6 Å². The molecule has 0 saturated heterocycles. The first-order valence-electron chi connectivity index (χ1n) is 8.18. The molecule has 0 saturated carbocycles. The second-order valence-electron chi connectivity index (χ2n) is 5.82. The summed E-state index contributed by atoms with van der Waals surface area (Å²) in [5.41, 5.74) is 2.39. The van der Waals surface area contributed by atoms with Gasteiger partial charge in [0.2, 0.25) is 10.0 Å². The van der Waals surface area contributed by atoms with Crippen LogP contribution in [0.25, 0.3) is 0 Å². The lowest BCUT2D eigenvalue weighted by Gasteiger charge is -2.12. The number of rotatable bonds is 6. The van der Waals surface area contributed by atoms with Crippen LogP contribution >= 0.6 is 24.0 Å². The van der Waals surface area contributed by atoms with Crippen LogP contribution < -0.4 is 15.8 Å². The van der Waals surface area contributed by atoms with Crippen molar-refractivity contribution in [2.45, 2.75) is 31.8 Å². The monoisotopic (exact) mass is 506 g/mol. The molecular formula is C18H24FIN4O2S. The number of aliphatic imine (C=N–C) groups is 1. The molecule has 0 aliphatic heterocycles. The Kier molecular flexibility index (Phi) is 9.13. The van der Waals surface area contributed by atoms with Crippen molar-refractivity contribution in [1.29, 1.82) is 0 Å². The molecule has 0 radical (unpaired) electrons. The number of primary sulfonamides is 1. The summed E-state index contributed by atoms with van der Waals surface area (Å²) >= 11 is 0.